The standard InChI is InChI=1S/C17H22N2O2/c1-12(13-5-3-2-4-6-13)9-10-19-11-15(20)18-16(17(19)21)14-7-8-14/h2-6,12,14,16H,7-11H2,1H3,(H,18,20). The van der Waals surface area contributed by atoms with Crippen molar-refractivity contribution in [3.05, 3.63) is 35.9 Å². The van der Waals surface area contributed by atoms with Gasteiger partial charge in [0.25, 0.3) is 0 Å². The molecule has 1 heterocycles. The number of nitrogens with zero attached hydrogens (tertiary/aromatic N) is 1. The van der Waals surface area contributed by atoms with E-state index in [0.717, 1.165) is 19.3 Å². The Bertz CT molecular complexity index is 525. The van der Waals surface area contributed by atoms with Crippen molar-refractivity contribution in [3.63, 3.8) is 0 Å². The third-order valence-corrected chi connectivity index (χ3v) is 4.52. The summed E-state index contributed by atoms with van der Waals surface area (Å²) in [7, 11) is 0. The van der Waals surface area contributed by atoms with Crippen LogP contribution >= 0.6 is 0 Å². The van der Waals surface area contributed by atoms with E-state index in [1.807, 2.05) is 18.2 Å². The molecule has 112 valence electrons. The van der Waals surface area contributed by atoms with Crippen LogP contribution in [0.2, 0.25) is 0 Å². The molecule has 2 atom stereocenters. The molecule has 0 radical (unpaired) electrons. The van der Waals surface area contributed by atoms with Gasteiger partial charge in [-0.15, -0.1) is 0 Å². The van der Waals surface area contributed by atoms with E-state index in [4.69, 9.17) is 0 Å². The number of hydrogen-bond acceptors (Lipinski definition) is 2. The zero-order chi connectivity index (χ0) is 14.8. The van der Waals surface area contributed by atoms with Crippen LogP contribution in [-0.4, -0.2) is 35.8 Å². The van der Waals surface area contributed by atoms with Gasteiger partial charge in [0.05, 0.1) is 6.54 Å². The van der Waals surface area contributed by atoms with Gasteiger partial charge in [-0.05, 0) is 36.7 Å². The second kappa shape index (κ2) is 5.88. The summed E-state index contributed by atoms with van der Waals surface area (Å²) >= 11 is 0. The number of hydrogen-bond donors (Lipinski definition) is 1. The molecule has 1 saturated carbocycles. The molecule has 3 rings (SSSR count). The lowest BCUT2D eigenvalue weighted by Gasteiger charge is -2.33. The number of carbonyl (C=O) groups excluding carboxylic acids is 2. The van der Waals surface area contributed by atoms with Gasteiger partial charge in [-0.25, -0.2) is 0 Å². The largest absolute Gasteiger partial charge is 0.342 e. The first-order valence-corrected chi connectivity index (χ1v) is 7.78. The fourth-order valence-electron chi connectivity index (χ4n) is 2.96. The molecule has 4 nitrogen and oxygen atoms in total. The van der Waals surface area contributed by atoms with Crippen LogP contribution in [0.15, 0.2) is 30.3 Å². The summed E-state index contributed by atoms with van der Waals surface area (Å²) in [6.07, 6.45) is 3.01. The predicted molar refractivity (Wildman–Crippen MR) is 80.7 cm³/mol. The van der Waals surface area contributed by atoms with Gasteiger partial charge in [0.15, 0.2) is 0 Å². The second-order valence-corrected chi connectivity index (χ2v) is 6.24. The van der Waals surface area contributed by atoms with E-state index in [9.17, 15) is 9.59 Å². The molecule has 1 N–H and O–H groups in total. The molecule has 1 aromatic carbocycles. The summed E-state index contributed by atoms with van der Waals surface area (Å²) in [5.74, 6) is 0.857. The molecule has 1 aromatic rings. The molecule has 1 aliphatic carbocycles. The Balaban J connectivity index is 1.58. The highest BCUT2D eigenvalue weighted by Crippen LogP contribution is 2.34. The van der Waals surface area contributed by atoms with Gasteiger partial charge in [0, 0.05) is 6.54 Å². The monoisotopic (exact) mass is 286 g/mol. The third-order valence-electron chi connectivity index (χ3n) is 4.52. The minimum atomic E-state index is -0.265. The Labute approximate surface area is 125 Å². The maximum Gasteiger partial charge on any atom is 0.245 e. The highest BCUT2D eigenvalue weighted by Gasteiger charge is 2.42. The molecule has 2 amide bonds. The van der Waals surface area contributed by atoms with Crippen LogP contribution in [0.1, 0.15) is 37.7 Å². The summed E-state index contributed by atoms with van der Waals surface area (Å²) in [6, 6.07) is 10.0. The van der Waals surface area contributed by atoms with Crippen LogP contribution in [0.5, 0.6) is 0 Å². The van der Waals surface area contributed by atoms with E-state index in [1.165, 1.54) is 5.56 Å². The molecule has 2 fully saturated rings. The average Bonchev–Trinajstić information content (AvgIpc) is 3.33. The summed E-state index contributed by atoms with van der Waals surface area (Å²) in [4.78, 5) is 25.9. The maximum atomic E-state index is 12.4. The lowest BCUT2D eigenvalue weighted by Crippen LogP contribution is -2.59. The highest BCUT2D eigenvalue weighted by atomic mass is 16.2. The average molecular weight is 286 g/mol. The number of carbonyl (C=O) groups is 2. The molecule has 0 spiro atoms. The van der Waals surface area contributed by atoms with Crippen molar-refractivity contribution in [1.29, 1.82) is 0 Å². The Morgan fingerprint density at radius 1 is 1.24 bits per heavy atom. The molecule has 0 bridgehead atoms. The molecule has 1 saturated heterocycles. The smallest absolute Gasteiger partial charge is 0.245 e. The van der Waals surface area contributed by atoms with Gasteiger partial charge in [0.2, 0.25) is 11.8 Å². The van der Waals surface area contributed by atoms with Gasteiger partial charge in [-0.1, -0.05) is 37.3 Å². The van der Waals surface area contributed by atoms with Crippen LogP contribution in [0.4, 0.5) is 0 Å². The van der Waals surface area contributed by atoms with E-state index in [2.05, 4.69) is 24.4 Å². The molecular formula is C17H22N2O2. The van der Waals surface area contributed by atoms with E-state index in [-0.39, 0.29) is 24.4 Å². The summed E-state index contributed by atoms with van der Waals surface area (Å²) in [5, 5.41) is 2.85. The topological polar surface area (TPSA) is 49.4 Å². The van der Waals surface area contributed by atoms with Crippen LogP contribution in [0.3, 0.4) is 0 Å². The quantitative estimate of drug-likeness (QED) is 0.899. The fourth-order valence-corrected chi connectivity index (χ4v) is 2.96. The number of piperazine rings is 1. The van der Waals surface area contributed by atoms with E-state index in [1.54, 1.807) is 4.90 Å². The fraction of sp³-hybridized carbons (Fsp3) is 0.529. The van der Waals surface area contributed by atoms with E-state index < -0.39 is 0 Å². The number of benzene rings is 1. The van der Waals surface area contributed by atoms with Crippen molar-refractivity contribution in [3.8, 4) is 0 Å². The van der Waals surface area contributed by atoms with Gasteiger partial charge < -0.3 is 10.2 Å². The lowest BCUT2D eigenvalue weighted by atomic mass is 9.97. The van der Waals surface area contributed by atoms with Crippen molar-refractivity contribution in [1.82, 2.24) is 10.2 Å². The Morgan fingerprint density at radius 2 is 1.95 bits per heavy atom. The minimum absolute atomic E-state index is 0.0149. The van der Waals surface area contributed by atoms with E-state index in [0.29, 0.717) is 18.4 Å². The van der Waals surface area contributed by atoms with Crippen molar-refractivity contribution >= 4 is 11.8 Å². The first-order valence-electron chi connectivity index (χ1n) is 7.78. The van der Waals surface area contributed by atoms with Crippen LogP contribution in [0.25, 0.3) is 0 Å². The van der Waals surface area contributed by atoms with Crippen LogP contribution in [0, 0.1) is 5.92 Å². The molecule has 0 aromatic heterocycles. The third kappa shape index (κ3) is 3.26. The van der Waals surface area contributed by atoms with Gasteiger partial charge in [-0.3, -0.25) is 9.59 Å². The van der Waals surface area contributed by atoms with Crippen molar-refractivity contribution < 1.29 is 9.59 Å². The Kier molecular flexibility index (Phi) is 3.95. The molecule has 2 unspecified atom stereocenters. The lowest BCUT2D eigenvalue weighted by molar-refractivity contribution is -0.145. The minimum Gasteiger partial charge on any atom is -0.342 e. The zero-order valence-corrected chi connectivity index (χ0v) is 12.4. The molecular weight excluding hydrogens is 264 g/mol. The van der Waals surface area contributed by atoms with Crippen LogP contribution in [-0.2, 0) is 9.59 Å². The summed E-state index contributed by atoms with van der Waals surface area (Å²) in [6.45, 7) is 3.04. The van der Waals surface area contributed by atoms with Crippen molar-refractivity contribution in [2.75, 3.05) is 13.1 Å². The highest BCUT2D eigenvalue weighted by molar-refractivity contribution is 5.95. The Morgan fingerprint density at radius 3 is 2.62 bits per heavy atom. The first-order chi connectivity index (χ1) is 10.1. The molecule has 1 aliphatic heterocycles. The SMILES string of the molecule is CC(CCN1CC(=O)NC(C2CC2)C1=O)c1ccccc1. The number of rotatable bonds is 5. The number of nitrogens with one attached hydrogen (secondary N) is 1. The summed E-state index contributed by atoms with van der Waals surface area (Å²) < 4.78 is 0. The second-order valence-electron chi connectivity index (χ2n) is 6.24. The Hall–Kier alpha value is -1.84. The van der Waals surface area contributed by atoms with E-state index >= 15 is 0 Å². The summed E-state index contributed by atoms with van der Waals surface area (Å²) in [5.41, 5.74) is 1.28. The van der Waals surface area contributed by atoms with Gasteiger partial charge in [0.1, 0.15) is 6.04 Å². The molecule has 21 heavy (non-hydrogen) atoms. The predicted octanol–water partition coefficient (Wildman–Crippen LogP) is 1.92. The molecule has 2 aliphatic rings. The maximum absolute atomic E-state index is 12.4. The van der Waals surface area contributed by atoms with Crippen molar-refractivity contribution in [2.45, 2.75) is 38.1 Å². The van der Waals surface area contributed by atoms with Crippen LogP contribution < -0.4 is 5.32 Å². The first kappa shape index (κ1) is 14.1. The van der Waals surface area contributed by atoms with Gasteiger partial charge >= 0.3 is 0 Å². The number of amides is 2. The van der Waals surface area contributed by atoms with Gasteiger partial charge in [-0.2, -0.15) is 0 Å². The normalized spacial score (nSPS) is 23.9. The zero-order valence-electron chi connectivity index (χ0n) is 12.4. The van der Waals surface area contributed by atoms with Crippen molar-refractivity contribution in [2.24, 2.45) is 5.92 Å². The molecule has 4 heteroatoms.